The number of phenols is 1. The number of nitrogens with zero attached hydrogens (tertiary/aromatic N) is 1. The highest BCUT2D eigenvalue weighted by Crippen LogP contribution is 2.25. The molecule has 0 atom stereocenters. The van der Waals surface area contributed by atoms with E-state index in [1.165, 1.54) is 0 Å². The van der Waals surface area contributed by atoms with Crippen LogP contribution in [0.15, 0.2) is 18.2 Å². The van der Waals surface area contributed by atoms with Crippen LogP contribution in [0, 0.1) is 0 Å². The molecule has 0 saturated carbocycles. The summed E-state index contributed by atoms with van der Waals surface area (Å²) in [6.45, 7) is 9.28. The van der Waals surface area contributed by atoms with Crippen molar-refractivity contribution in [2.24, 2.45) is 0 Å². The van der Waals surface area contributed by atoms with E-state index in [0.717, 1.165) is 38.3 Å². The number of phenolic OH excluding ortho intramolecular Hbond substituents is 1. The Morgan fingerprint density at radius 2 is 2.00 bits per heavy atom. The maximum absolute atomic E-state index is 9.65. The molecule has 0 aliphatic carbocycles. The van der Waals surface area contributed by atoms with E-state index in [1.54, 1.807) is 19.2 Å². The molecule has 4 heteroatoms. The Labute approximate surface area is 110 Å². The molecule has 4 nitrogen and oxygen atoms in total. The van der Waals surface area contributed by atoms with E-state index < -0.39 is 0 Å². The van der Waals surface area contributed by atoms with Gasteiger partial charge in [0.1, 0.15) is 0 Å². The Hall–Kier alpha value is -1.26. The van der Waals surface area contributed by atoms with Gasteiger partial charge in [-0.15, -0.1) is 0 Å². The smallest absolute Gasteiger partial charge is 0.160 e. The standard InChI is InChI=1S/C14H24N2O2/c1-4-16(5-2)9-8-15-11-12-6-7-14(18-3)13(17)10-12/h6-7,10,15,17H,4-5,8-9,11H2,1-3H3. The number of likely N-dealkylation sites (N-methyl/N-ethyl adjacent to an activating group) is 1. The van der Waals surface area contributed by atoms with Gasteiger partial charge in [0.05, 0.1) is 7.11 Å². The first-order valence-electron chi connectivity index (χ1n) is 6.50. The van der Waals surface area contributed by atoms with E-state index in [2.05, 4.69) is 24.1 Å². The number of methoxy groups -OCH3 is 1. The molecule has 0 bridgehead atoms. The number of hydrogen-bond donors (Lipinski definition) is 2. The largest absolute Gasteiger partial charge is 0.504 e. The van der Waals surface area contributed by atoms with Gasteiger partial charge in [-0.1, -0.05) is 19.9 Å². The molecule has 0 radical (unpaired) electrons. The fourth-order valence-electron chi connectivity index (χ4n) is 1.86. The zero-order valence-corrected chi connectivity index (χ0v) is 11.6. The lowest BCUT2D eigenvalue weighted by Gasteiger charge is -2.18. The summed E-state index contributed by atoms with van der Waals surface area (Å²) in [5.74, 6) is 0.711. The summed E-state index contributed by atoms with van der Waals surface area (Å²) in [4.78, 5) is 2.37. The molecule has 0 heterocycles. The van der Waals surface area contributed by atoms with Gasteiger partial charge in [0, 0.05) is 19.6 Å². The van der Waals surface area contributed by atoms with Gasteiger partial charge in [0.15, 0.2) is 11.5 Å². The molecule has 1 aromatic carbocycles. The van der Waals surface area contributed by atoms with Crippen molar-refractivity contribution in [1.29, 1.82) is 0 Å². The summed E-state index contributed by atoms with van der Waals surface area (Å²) in [6.07, 6.45) is 0. The summed E-state index contributed by atoms with van der Waals surface area (Å²) in [7, 11) is 1.55. The minimum absolute atomic E-state index is 0.195. The van der Waals surface area contributed by atoms with Crippen LogP contribution in [0.4, 0.5) is 0 Å². The van der Waals surface area contributed by atoms with Crippen LogP contribution in [0.2, 0.25) is 0 Å². The third-order valence-corrected chi connectivity index (χ3v) is 3.07. The van der Waals surface area contributed by atoms with Gasteiger partial charge in [0.25, 0.3) is 0 Å². The monoisotopic (exact) mass is 252 g/mol. The Bertz CT molecular complexity index is 352. The highest BCUT2D eigenvalue weighted by Gasteiger charge is 2.02. The van der Waals surface area contributed by atoms with Crippen LogP contribution < -0.4 is 10.1 Å². The van der Waals surface area contributed by atoms with Crippen LogP contribution in [-0.2, 0) is 6.54 Å². The highest BCUT2D eigenvalue weighted by molar-refractivity contribution is 5.41. The van der Waals surface area contributed by atoms with Crippen molar-refractivity contribution >= 4 is 0 Å². The van der Waals surface area contributed by atoms with E-state index in [0.29, 0.717) is 5.75 Å². The first-order chi connectivity index (χ1) is 8.71. The van der Waals surface area contributed by atoms with E-state index in [9.17, 15) is 5.11 Å². The van der Waals surface area contributed by atoms with Crippen LogP contribution in [0.25, 0.3) is 0 Å². The van der Waals surface area contributed by atoms with Crippen molar-refractivity contribution in [3.05, 3.63) is 23.8 Å². The molecule has 0 aliphatic heterocycles. The van der Waals surface area contributed by atoms with Crippen molar-refractivity contribution in [2.45, 2.75) is 20.4 Å². The summed E-state index contributed by atoms with van der Waals surface area (Å²) in [6, 6.07) is 5.49. The van der Waals surface area contributed by atoms with Crippen molar-refractivity contribution in [3.63, 3.8) is 0 Å². The summed E-state index contributed by atoms with van der Waals surface area (Å²) < 4.78 is 5.01. The lowest BCUT2D eigenvalue weighted by Crippen LogP contribution is -2.31. The number of aromatic hydroxyl groups is 1. The summed E-state index contributed by atoms with van der Waals surface area (Å²) in [5.41, 5.74) is 1.06. The molecule has 0 saturated heterocycles. The quantitative estimate of drug-likeness (QED) is 0.693. The van der Waals surface area contributed by atoms with E-state index >= 15 is 0 Å². The Balaban J connectivity index is 2.33. The first-order valence-corrected chi connectivity index (χ1v) is 6.50. The lowest BCUT2D eigenvalue weighted by molar-refractivity contribution is 0.302. The predicted molar refractivity (Wildman–Crippen MR) is 74.2 cm³/mol. The van der Waals surface area contributed by atoms with Gasteiger partial charge in [-0.3, -0.25) is 0 Å². The lowest BCUT2D eigenvalue weighted by atomic mass is 10.2. The molecule has 0 aromatic heterocycles. The van der Waals surface area contributed by atoms with Gasteiger partial charge < -0.3 is 20.1 Å². The predicted octanol–water partition coefficient (Wildman–Crippen LogP) is 1.83. The Morgan fingerprint density at radius 1 is 1.28 bits per heavy atom. The molecule has 0 amide bonds. The van der Waals surface area contributed by atoms with Crippen LogP contribution >= 0.6 is 0 Å². The zero-order valence-electron chi connectivity index (χ0n) is 11.6. The van der Waals surface area contributed by atoms with Crippen LogP contribution in [0.1, 0.15) is 19.4 Å². The highest BCUT2D eigenvalue weighted by atomic mass is 16.5. The minimum atomic E-state index is 0.195. The maximum atomic E-state index is 9.65. The normalized spacial score (nSPS) is 10.9. The van der Waals surface area contributed by atoms with Crippen molar-refractivity contribution < 1.29 is 9.84 Å². The maximum Gasteiger partial charge on any atom is 0.160 e. The van der Waals surface area contributed by atoms with Gasteiger partial charge in [-0.05, 0) is 30.8 Å². The van der Waals surface area contributed by atoms with Crippen LogP contribution in [0.3, 0.4) is 0 Å². The molecule has 0 unspecified atom stereocenters. The minimum Gasteiger partial charge on any atom is -0.504 e. The second kappa shape index (κ2) is 7.95. The molecule has 1 rings (SSSR count). The van der Waals surface area contributed by atoms with E-state index in [-0.39, 0.29) is 5.75 Å². The van der Waals surface area contributed by atoms with E-state index in [4.69, 9.17) is 4.74 Å². The number of ether oxygens (including phenoxy) is 1. The van der Waals surface area contributed by atoms with Gasteiger partial charge >= 0.3 is 0 Å². The molecular weight excluding hydrogens is 228 g/mol. The van der Waals surface area contributed by atoms with Crippen molar-refractivity contribution in [1.82, 2.24) is 10.2 Å². The zero-order chi connectivity index (χ0) is 13.4. The number of hydrogen-bond acceptors (Lipinski definition) is 4. The fourth-order valence-corrected chi connectivity index (χ4v) is 1.86. The molecule has 2 N–H and O–H groups in total. The third kappa shape index (κ3) is 4.55. The van der Waals surface area contributed by atoms with Gasteiger partial charge in [-0.2, -0.15) is 0 Å². The number of benzene rings is 1. The Morgan fingerprint density at radius 3 is 2.56 bits per heavy atom. The molecule has 0 aliphatic rings. The topological polar surface area (TPSA) is 44.7 Å². The summed E-state index contributed by atoms with van der Waals surface area (Å²) >= 11 is 0. The van der Waals surface area contributed by atoms with Gasteiger partial charge in [0.2, 0.25) is 0 Å². The van der Waals surface area contributed by atoms with Gasteiger partial charge in [-0.25, -0.2) is 0 Å². The first kappa shape index (κ1) is 14.8. The molecule has 0 spiro atoms. The number of nitrogens with one attached hydrogen (secondary N) is 1. The summed E-state index contributed by atoms with van der Waals surface area (Å²) in [5, 5.41) is 13.0. The van der Waals surface area contributed by atoms with Crippen molar-refractivity contribution in [2.75, 3.05) is 33.3 Å². The van der Waals surface area contributed by atoms with Crippen molar-refractivity contribution in [3.8, 4) is 11.5 Å². The molecule has 18 heavy (non-hydrogen) atoms. The van der Waals surface area contributed by atoms with E-state index in [1.807, 2.05) is 6.07 Å². The molecule has 1 aromatic rings. The van der Waals surface area contributed by atoms with Crippen LogP contribution in [0.5, 0.6) is 11.5 Å². The number of rotatable bonds is 8. The van der Waals surface area contributed by atoms with Crippen LogP contribution in [-0.4, -0.2) is 43.3 Å². The second-order valence-electron chi connectivity index (χ2n) is 4.21. The Kier molecular flexibility index (Phi) is 6.54. The second-order valence-corrected chi connectivity index (χ2v) is 4.21. The average Bonchev–Trinajstić information content (AvgIpc) is 2.39. The molecule has 102 valence electrons. The average molecular weight is 252 g/mol. The molecule has 0 fully saturated rings. The third-order valence-electron chi connectivity index (χ3n) is 3.07. The fraction of sp³-hybridized carbons (Fsp3) is 0.571. The SMILES string of the molecule is CCN(CC)CCNCc1ccc(OC)c(O)c1. The molecular formula is C14H24N2O2.